The Morgan fingerprint density at radius 1 is 1.00 bits per heavy atom. The van der Waals surface area contributed by atoms with Crippen LogP contribution in [0.2, 0.25) is 0 Å². The molecule has 0 aliphatic carbocycles. The third-order valence-corrected chi connectivity index (χ3v) is 5.43. The lowest BCUT2D eigenvalue weighted by Gasteiger charge is -2.13. The molecule has 4 aromatic rings. The van der Waals surface area contributed by atoms with E-state index in [2.05, 4.69) is 10.1 Å². The van der Waals surface area contributed by atoms with E-state index in [1.165, 1.54) is 37.5 Å². The van der Waals surface area contributed by atoms with Crippen molar-refractivity contribution in [3.05, 3.63) is 113 Å². The maximum Gasteiger partial charge on any atom is 0.337 e. The number of nitrogens with one attached hydrogen (secondary N) is 1. The van der Waals surface area contributed by atoms with Crippen LogP contribution in [0.3, 0.4) is 0 Å². The Bertz CT molecular complexity index is 1500. The summed E-state index contributed by atoms with van der Waals surface area (Å²) in [6, 6.07) is 25.3. The van der Waals surface area contributed by atoms with Crippen LogP contribution in [0.5, 0.6) is 5.75 Å². The molecule has 178 valence electrons. The number of methoxy groups -OCH3 is 1. The van der Waals surface area contributed by atoms with E-state index in [-0.39, 0.29) is 18.0 Å². The van der Waals surface area contributed by atoms with E-state index in [0.29, 0.717) is 28.1 Å². The molecular weight excluding hydrogens is 459 g/mol. The molecule has 0 spiro atoms. The Kier molecular flexibility index (Phi) is 7.37. The number of anilines is 1. The summed E-state index contributed by atoms with van der Waals surface area (Å²) in [6.07, 6.45) is 1.47. The first kappa shape index (κ1) is 24.2. The predicted molar refractivity (Wildman–Crippen MR) is 135 cm³/mol. The molecule has 1 N–H and O–H groups in total. The zero-order valence-electron chi connectivity index (χ0n) is 19.3. The van der Waals surface area contributed by atoms with Gasteiger partial charge in [-0.25, -0.2) is 9.18 Å². The van der Waals surface area contributed by atoms with E-state index in [1.807, 2.05) is 36.4 Å². The summed E-state index contributed by atoms with van der Waals surface area (Å²) in [7, 11) is 1.28. The Morgan fingerprint density at radius 3 is 2.50 bits per heavy atom. The number of ether oxygens (including phenoxy) is 2. The van der Waals surface area contributed by atoms with Crippen molar-refractivity contribution in [1.29, 1.82) is 5.26 Å². The highest BCUT2D eigenvalue weighted by Gasteiger charge is 2.15. The zero-order valence-corrected chi connectivity index (χ0v) is 19.3. The van der Waals surface area contributed by atoms with Crippen LogP contribution in [0.15, 0.2) is 90.5 Å². The fourth-order valence-corrected chi connectivity index (χ4v) is 3.64. The summed E-state index contributed by atoms with van der Waals surface area (Å²) in [5.74, 6) is -1.03. The zero-order chi connectivity index (χ0) is 25.5. The molecule has 0 bridgehead atoms. The van der Waals surface area contributed by atoms with Crippen molar-refractivity contribution in [2.45, 2.75) is 6.61 Å². The smallest absolute Gasteiger partial charge is 0.337 e. The average Bonchev–Trinajstić information content (AvgIpc) is 2.90. The van der Waals surface area contributed by atoms with Gasteiger partial charge in [-0.15, -0.1) is 0 Å². The van der Waals surface area contributed by atoms with Gasteiger partial charge in [-0.3, -0.25) is 4.79 Å². The molecule has 4 aromatic carbocycles. The van der Waals surface area contributed by atoms with E-state index in [0.717, 1.165) is 10.8 Å². The average molecular weight is 480 g/mol. The largest absolute Gasteiger partial charge is 0.488 e. The molecule has 0 aliphatic rings. The highest BCUT2D eigenvalue weighted by molar-refractivity contribution is 6.11. The van der Waals surface area contributed by atoms with Gasteiger partial charge in [-0.05, 0) is 64.9 Å². The van der Waals surface area contributed by atoms with Crippen molar-refractivity contribution in [2.75, 3.05) is 12.4 Å². The number of rotatable bonds is 7. The van der Waals surface area contributed by atoms with E-state index in [9.17, 15) is 19.2 Å². The van der Waals surface area contributed by atoms with Crippen molar-refractivity contribution < 1.29 is 23.5 Å². The van der Waals surface area contributed by atoms with Gasteiger partial charge in [0.05, 0.1) is 12.7 Å². The van der Waals surface area contributed by atoms with Gasteiger partial charge in [0.2, 0.25) is 0 Å². The second-order valence-corrected chi connectivity index (χ2v) is 7.81. The number of nitrogens with zero attached hydrogens (tertiary/aromatic N) is 1. The lowest BCUT2D eigenvalue weighted by Crippen LogP contribution is -2.13. The van der Waals surface area contributed by atoms with Crippen LogP contribution < -0.4 is 10.1 Å². The minimum Gasteiger partial charge on any atom is -0.488 e. The van der Waals surface area contributed by atoms with E-state index in [1.54, 1.807) is 30.3 Å². The second kappa shape index (κ2) is 11.0. The van der Waals surface area contributed by atoms with Gasteiger partial charge < -0.3 is 14.8 Å². The SMILES string of the molecule is COC(=O)c1ccc(NC(=O)/C(C#N)=C/c2c(OCc3cccc(F)c3)ccc3ccccc23)cc1. The summed E-state index contributed by atoms with van der Waals surface area (Å²) >= 11 is 0. The molecular formula is C29H21FN2O4. The molecule has 0 aliphatic heterocycles. The molecule has 0 heterocycles. The minimum atomic E-state index is -0.618. The molecule has 0 saturated carbocycles. The summed E-state index contributed by atoms with van der Waals surface area (Å²) in [6.45, 7) is 0.109. The van der Waals surface area contributed by atoms with Crippen LogP contribution in [0, 0.1) is 17.1 Å². The number of benzene rings is 4. The summed E-state index contributed by atoms with van der Waals surface area (Å²) in [4.78, 5) is 24.5. The number of nitriles is 1. The van der Waals surface area contributed by atoms with E-state index in [4.69, 9.17) is 4.74 Å². The molecule has 4 rings (SSSR count). The lowest BCUT2D eigenvalue weighted by molar-refractivity contribution is -0.112. The molecule has 0 unspecified atom stereocenters. The Hall–Kier alpha value is -4.96. The first-order valence-corrected chi connectivity index (χ1v) is 11.0. The van der Waals surface area contributed by atoms with Gasteiger partial charge in [-0.2, -0.15) is 5.26 Å². The molecule has 6 nitrogen and oxygen atoms in total. The molecule has 7 heteroatoms. The number of esters is 1. The molecule has 1 amide bonds. The maximum absolute atomic E-state index is 13.6. The molecule has 0 fully saturated rings. The van der Waals surface area contributed by atoms with Crippen molar-refractivity contribution in [2.24, 2.45) is 0 Å². The van der Waals surface area contributed by atoms with E-state index < -0.39 is 11.9 Å². The Morgan fingerprint density at radius 2 is 1.78 bits per heavy atom. The molecule has 36 heavy (non-hydrogen) atoms. The highest BCUT2D eigenvalue weighted by Crippen LogP contribution is 2.31. The summed E-state index contributed by atoms with van der Waals surface area (Å²) in [5.41, 5.74) is 1.81. The van der Waals surface area contributed by atoms with Gasteiger partial charge in [0, 0.05) is 11.3 Å². The quantitative estimate of drug-likeness (QED) is 0.202. The van der Waals surface area contributed by atoms with Crippen LogP contribution >= 0.6 is 0 Å². The van der Waals surface area contributed by atoms with Gasteiger partial charge >= 0.3 is 5.97 Å². The summed E-state index contributed by atoms with van der Waals surface area (Å²) < 4.78 is 24.2. The molecule has 0 aromatic heterocycles. The van der Waals surface area contributed by atoms with Crippen LogP contribution in [0.25, 0.3) is 16.8 Å². The standard InChI is InChI=1S/C29H21FN2O4/c1-35-29(34)21-9-12-24(13-10-21)32-28(33)22(17-31)16-26-25-8-3-2-6-20(25)11-14-27(26)36-18-19-5-4-7-23(30)15-19/h2-16H,18H2,1H3,(H,32,33)/b22-16+. The normalized spacial score (nSPS) is 11.0. The first-order chi connectivity index (χ1) is 17.5. The topological polar surface area (TPSA) is 88.4 Å². The molecule has 0 saturated heterocycles. The monoisotopic (exact) mass is 480 g/mol. The third kappa shape index (κ3) is 5.57. The van der Waals surface area contributed by atoms with Crippen molar-refractivity contribution in [3.8, 4) is 11.8 Å². The minimum absolute atomic E-state index is 0.109. The summed E-state index contributed by atoms with van der Waals surface area (Å²) in [5, 5.41) is 14.1. The van der Waals surface area contributed by atoms with Gasteiger partial charge in [-0.1, -0.05) is 42.5 Å². The lowest BCUT2D eigenvalue weighted by atomic mass is 10.0. The number of carbonyl (C=O) groups is 2. The second-order valence-electron chi connectivity index (χ2n) is 7.81. The van der Waals surface area contributed by atoms with Crippen molar-refractivity contribution in [1.82, 2.24) is 0 Å². The van der Waals surface area contributed by atoms with Crippen LogP contribution in [0.4, 0.5) is 10.1 Å². The van der Waals surface area contributed by atoms with Gasteiger partial charge in [0.15, 0.2) is 0 Å². The number of halogens is 1. The number of amides is 1. The van der Waals surface area contributed by atoms with E-state index >= 15 is 0 Å². The van der Waals surface area contributed by atoms with Gasteiger partial charge in [0.25, 0.3) is 5.91 Å². The highest BCUT2D eigenvalue weighted by atomic mass is 19.1. The van der Waals surface area contributed by atoms with Crippen LogP contribution in [-0.2, 0) is 16.1 Å². The molecule has 0 atom stereocenters. The number of fused-ring (bicyclic) bond motifs is 1. The van der Waals surface area contributed by atoms with Crippen molar-refractivity contribution in [3.63, 3.8) is 0 Å². The number of hydrogen-bond donors (Lipinski definition) is 1. The third-order valence-electron chi connectivity index (χ3n) is 5.43. The van der Waals surface area contributed by atoms with Crippen LogP contribution in [-0.4, -0.2) is 19.0 Å². The van der Waals surface area contributed by atoms with Crippen LogP contribution in [0.1, 0.15) is 21.5 Å². The first-order valence-electron chi connectivity index (χ1n) is 11.0. The van der Waals surface area contributed by atoms with Crippen molar-refractivity contribution >= 4 is 34.4 Å². The van der Waals surface area contributed by atoms with Gasteiger partial charge in [0.1, 0.15) is 29.8 Å². The number of carbonyl (C=O) groups excluding carboxylic acids is 2. The fraction of sp³-hybridized carbons (Fsp3) is 0.0690. The molecule has 0 radical (unpaired) electrons. The predicted octanol–water partition coefficient (Wildman–Crippen LogP) is 5.89. The Labute approximate surface area is 207 Å². The maximum atomic E-state index is 13.6. The number of hydrogen-bond acceptors (Lipinski definition) is 5. The fourth-order valence-electron chi connectivity index (χ4n) is 3.64. The Balaban J connectivity index is 1.65.